The Labute approximate surface area is 165 Å². The summed E-state index contributed by atoms with van der Waals surface area (Å²) in [5.41, 5.74) is 7.74. The first-order chi connectivity index (χ1) is 13.2. The van der Waals surface area contributed by atoms with E-state index in [-0.39, 0.29) is 0 Å². The molecule has 6 rings (SSSR count). The average molecular weight is 410 g/mol. The summed E-state index contributed by atoms with van der Waals surface area (Å²) in [5, 5.41) is 5.30. The van der Waals surface area contributed by atoms with Gasteiger partial charge in [0, 0.05) is 26.0 Å². The maximum absolute atomic E-state index is 3.59. The van der Waals surface area contributed by atoms with Crippen LogP contribution >= 0.6 is 15.9 Å². The molecular formula is C25H16BrN. The second-order valence-corrected chi connectivity index (χ2v) is 8.16. The third-order valence-corrected chi connectivity index (χ3v) is 6.20. The van der Waals surface area contributed by atoms with Crippen LogP contribution in [0.3, 0.4) is 0 Å². The molecule has 0 bridgehead atoms. The summed E-state index contributed by atoms with van der Waals surface area (Å²) in [6, 6.07) is 28.7. The van der Waals surface area contributed by atoms with Crippen molar-refractivity contribution in [1.82, 2.24) is 4.40 Å². The van der Waals surface area contributed by atoms with E-state index in [2.05, 4.69) is 106 Å². The Morgan fingerprint density at radius 3 is 1.85 bits per heavy atom. The van der Waals surface area contributed by atoms with Crippen molar-refractivity contribution in [3.8, 4) is 11.1 Å². The largest absolute Gasteiger partial charge is 0.308 e. The highest BCUT2D eigenvalue weighted by molar-refractivity contribution is 9.10. The molecule has 0 unspecified atom stereocenters. The molecule has 0 amide bonds. The monoisotopic (exact) mass is 409 g/mol. The van der Waals surface area contributed by atoms with E-state index in [1.165, 1.54) is 54.8 Å². The van der Waals surface area contributed by atoms with Gasteiger partial charge in [-0.3, -0.25) is 0 Å². The van der Waals surface area contributed by atoms with Gasteiger partial charge in [0.05, 0.1) is 16.6 Å². The summed E-state index contributed by atoms with van der Waals surface area (Å²) in [4.78, 5) is 0. The first-order valence-electron chi connectivity index (χ1n) is 9.16. The number of nitrogens with zero attached hydrogens (tertiary/aromatic N) is 1. The van der Waals surface area contributed by atoms with Crippen molar-refractivity contribution in [2.24, 2.45) is 0 Å². The Hall–Kier alpha value is -2.84. The molecule has 27 heavy (non-hydrogen) atoms. The average Bonchev–Trinajstić information content (AvgIpc) is 3.19. The van der Waals surface area contributed by atoms with E-state index in [0.717, 1.165) is 4.47 Å². The molecule has 0 N–H and O–H groups in total. The molecule has 0 spiro atoms. The van der Waals surface area contributed by atoms with Crippen LogP contribution in [0.15, 0.2) is 83.3 Å². The van der Waals surface area contributed by atoms with E-state index < -0.39 is 0 Å². The maximum Gasteiger partial charge on any atom is 0.0620 e. The van der Waals surface area contributed by atoms with Crippen LogP contribution in [0.25, 0.3) is 49.2 Å². The van der Waals surface area contributed by atoms with Crippen molar-refractivity contribution in [1.29, 1.82) is 0 Å². The number of aryl methyl sites for hydroxylation is 1. The van der Waals surface area contributed by atoms with Gasteiger partial charge in [-0.15, -0.1) is 0 Å². The minimum atomic E-state index is 1.12. The number of para-hydroxylation sites is 2. The zero-order valence-electron chi connectivity index (χ0n) is 14.8. The zero-order chi connectivity index (χ0) is 18.1. The second kappa shape index (κ2) is 5.34. The van der Waals surface area contributed by atoms with E-state index in [1.54, 1.807) is 0 Å². The fraction of sp³-hybridized carbons (Fsp3) is 0.0400. The Balaban J connectivity index is 1.86. The van der Waals surface area contributed by atoms with Crippen LogP contribution in [0.2, 0.25) is 0 Å². The lowest BCUT2D eigenvalue weighted by molar-refractivity contribution is 1.37. The molecule has 4 aromatic carbocycles. The van der Waals surface area contributed by atoms with Gasteiger partial charge in [-0.1, -0.05) is 58.4 Å². The van der Waals surface area contributed by atoms with Crippen LogP contribution in [-0.2, 0) is 0 Å². The van der Waals surface area contributed by atoms with E-state index in [9.17, 15) is 0 Å². The van der Waals surface area contributed by atoms with Crippen LogP contribution in [0.4, 0.5) is 0 Å². The van der Waals surface area contributed by atoms with Gasteiger partial charge >= 0.3 is 0 Å². The molecule has 2 heteroatoms. The highest BCUT2D eigenvalue weighted by Gasteiger charge is 2.18. The Kier molecular flexibility index (Phi) is 3.01. The predicted octanol–water partition coefficient (Wildman–Crippen LogP) is 7.57. The maximum atomic E-state index is 3.59. The number of hydrogen-bond donors (Lipinski definition) is 0. The van der Waals surface area contributed by atoms with Gasteiger partial charge in [-0.2, -0.15) is 0 Å². The summed E-state index contributed by atoms with van der Waals surface area (Å²) in [6.45, 7) is 2.18. The summed E-state index contributed by atoms with van der Waals surface area (Å²) in [6.07, 6.45) is 0. The minimum Gasteiger partial charge on any atom is -0.308 e. The van der Waals surface area contributed by atoms with Crippen LogP contribution in [-0.4, -0.2) is 4.40 Å². The molecular weight excluding hydrogens is 394 g/mol. The van der Waals surface area contributed by atoms with Gasteiger partial charge in [0.1, 0.15) is 0 Å². The van der Waals surface area contributed by atoms with Crippen molar-refractivity contribution in [2.75, 3.05) is 0 Å². The van der Waals surface area contributed by atoms with Crippen molar-refractivity contribution >= 4 is 54.0 Å². The third-order valence-electron chi connectivity index (χ3n) is 5.70. The molecule has 0 saturated heterocycles. The molecule has 0 aliphatic carbocycles. The quantitative estimate of drug-likeness (QED) is 0.263. The lowest BCUT2D eigenvalue weighted by atomic mass is 9.96. The lowest BCUT2D eigenvalue weighted by Crippen LogP contribution is -1.84. The van der Waals surface area contributed by atoms with Crippen LogP contribution < -0.4 is 0 Å². The number of fused-ring (bicyclic) bond motifs is 6. The standard InChI is InChI=1S/C25H16BrN/c1-15-12-17(26)10-11-18(15)16-13-21-19-6-2-4-8-23(19)27-24-9-5-3-7-20(24)22(14-16)25(21)27/h2-14H,1H3. The zero-order valence-corrected chi connectivity index (χ0v) is 16.4. The fourth-order valence-corrected chi connectivity index (χ4v) is 5.03. The van der Waals surface area contributed by atoms with Crippen molar-refractivity contribution in [3.05, 3.63) is 88.9 Å². The highest BCUT2D eigenvalue weighted by atomic mass is 79.9. The van der Waals surface area contributed by atoms with E-state index in [4.69, 9.17) is 0 Å². The number of aromatic nitrogens is 1. The highest BCUT2D eigenvalue weighted by Crippen LogP contribution is 2.41. The molecule has 0 radical (unpaired) electrons. The molecule has 2 heterocycles. The number of halogens is 1. The molecule has 0 aliphatic rings. The fourth-order valence-electron chi connectivity index (χ4n) is 4.56. The number of benzene rings is 4. The molecule has 0 atom stereocenters. The Morgan fingerprint density at radius 2 is 1.26 bits per heavy atom. The normalized spacial score (nSPS) is 12.1. The topological polar surface area (TPSA) is 4.41 Å². The number of rotatable bonds is 1. The van der Waals surface area contributed by atoms with Crippen molar-refractivity contribution in [3.63, 3.8) is 0 Å². The Bertz CT molecular complexity index is 1410. The van der Waals surface area contributed by atoms with Gasteiger partial charge in [-0.25, -0.2) is 0 Å². The van der Waals surface area contributed by atoms with E-state index >= 15 is 0 Å². The molecule has 1 nitrogen and oxygen atoms in total. The first-order valence-corrected chi connectivity index (χ1v) is 9.95. The van der Waals surface area contributed by atoms with E-state index in [0.29, 0.717) is 0 Å². The summed E-state index contributed by atoms with van der Waals surface area (Å²) >= 11 is 3.59. The smallest absolute Gasteiger partial charge is 0.0620 e. The molecule has 0 fully saturated rings. The summed E-state index contributed by atoms with van der Waals surface area (Å²) in [7, 11) is 0. The first kappa shape index (κ1) is 15.2. The third kappa shape index (κ3) is 1.99. The number of hydrogen-bond acceptors (Lipinski definition) is 0. The van der Waals surface area contributed by atoms with Crippen molar-refractivity contribution < 1.29 is 0 Å². The summed E-state index contributed by atoms with van der Waals surface area (Å²) < 4.78 is 3.55. The molecule has 0 saturated carbocycles. The lowest BCUT2D eigenvalue weighted by Gasteiger charge is -2.08. The van der Waals surface area contributed by atoms with Crippen LogP contribution in [0.5, 0.6) is 0 Å². The second-order valence-electron chi connectivity index (χ2n) is 7.25. The van der Waals surface area contributed by atoms with Crippen LogP contribution in [0.1, 0.15) is 5.56 Å². The van der Waals surface area contributed by atoms with Gasteiger partial charge in [-0.05, 0) is 60.0 Å². The molecule has 128 valence electrons. The predicted molar refractivity (Wildman–Crippen MR) is 119 cm³/mol. The van der Waals surface area contributed by atoms with Gasteiger partial charge < -0.3 is 4.40 Å². The Morgan fingerprint density at radius 1 is 0.667 bits per heavy atom. The molecule has 0 aliphatic heterocycles. The van der Waals surface area contributed by atoms with Gasteiger partial charge in [0.15, 0.2) is 0 Å². The molecule has 6 aromatic rings. The van der Waals surface area contributed by atoms with Gasteiger partial charge in [0.25, 0.3) is 0 Å². The minimum absolute atomic E-state index is 1.12. The summed E-state index contributed by atoms with van der Waals surface area (Å²) in [5.74, 6) is 0. The SMILES string of the molecule is Cc1cc(Br)ccc1-c1cc2c3ccccc3n3c4ccccc4c(c1)c23. The molecule has 2 aromatic heterocycles. The van der Waals surface area contributed by atoms with Crippen molar-refractivity contribution in [2.45, 2.75) is 6.92 Å². The van der Waals surface area contributed by atoms with Crippen LogP contribution in [0, 0.1) is 6.92 Å². The van der Waals surface area contributed by atoms with Gasteiger partial charge in [0.2, 0.25) is 0 Å². The van der Waals surface area contributed by atoms with E-state index in [1.807, 2.05) is 0 Å².